The van der Waals surface area contributed by atoms with Gasteiger partial charge in [0.15, 0.2) is 0 Å². The van der Waals surface area contributed by atoms with E-state index in [9.17, 15) is 28.1 Å². The number of benzene rings is 2. The number of carbonyl (C=O) groups is 1. The highest BCUT2D eigenvalue weighted by Gasteiger charge is 2.22. The third-order valence-corrected chi connectivity index (χ3v) is 2.78. The maximum Gasteiger partial charge on any atom is 0.349 e. The fourth-order valence-corrected chi connectivity index (χ4v) is 1.72. The van der Waals surface area contributed by atoms with E-state index in [1.807, 2.05) is 0 Å². The predicted molar refractivity (Wildman–Crippen MR) is 70.9 cm³/mol. The Labute approximate surface area is 127 Å². The van der Waals surface area contributed by atoms with Crippen LogP contribution in [0.4, 0.5) is 18.9 Å². The molecule has 0 heterocycles. The summed E-state index contributed by atoms with van der Waals surface area (Å²) in [5, 5.41) is 10.5. The first-order valence-corrected chi connectivity index (χ1v) is 6.02. The van der Waals surface area contributed by atoms with Crippen LogP contribution in [0, 0.1) is 27.6 Å². The van der Waals surface area contributed by atoms with Crippen molar-refractivity contribution < 1.29 is 32.4 Å². The van der Waals surface area contributed by atoms with Crippen molar-refractivity contribution in [2.75, 3.05) is 7.11 Å². The SMILES string of the molecule is COc1cc(F)c(C(=O)Oc2ccc([N+](=O)[O-])c(F)c2)c(F)c1. The van der Waals surface area contributed by atoms with Crippen LogP contribution in [-0.4, -0.2) is 18.0 Å². The lowest BCUT2D eigenvalue weighted by Gasteiger charge is -2.08. The van der Waals surface area contributed by atoms with E-state index in [0.29, 0.717) is 6.07 Å². The van der Waals surface area contributed by atoms with Gasteiger partial charge in [-0.25, -0.2) is 13.6 Å². The molecule has 0 saturated carbocycles. The third kappa shape index (κ3) is 3.39. The summed E-state index contributed by atoms with van der Waals surface area (Å²) in [5.41, 5.74) is -1.82. The number of nitro groups is 1. The third-order valence-electron chi connectivity index (χ3n) is 2.78. The number of halogens is 3. The maximum atomic E-state index is 13.7. The number of ether oxygens (including phenoxy) is 2. The Morgan fingerprint density at radius 3 is 2.09 bits per heavy atom. The van der Waals surface area contributed by atoms with Crippen LogP contribution in [0.15, 0.2) is 30.3 Å². The van der Waals surface area contributed by atoms with E-state index in [0.717, 1.165) is 24.3 Å². The zero-order valence-electron chi connectivity index (χ0n) is 11.5. The number of rotatable bonds is 4. The molecule has 0 radical (unpaired) electrons. The monoisotopic (exact) mass is 327 g/mol. The highest BCUT2D eigenvalue weighted by Crippen LogP contribution is 2.25. The normalized spacial score (nSPS) is 10.3. The summed E-state index contributed by atoms with van der Waals surface area (Å²) in [7, 11) is 1.19. The zero-order valence-corrected chi connectivity index (χ0v) is 11.5. The fraction of sp³-hybridized carbons (Fsp3) is 0.0714. The minimum Gasteiger partial charge on any atom is -0.497 e. The Kier molecular flexibility index (Phi) is 4.49. The van der Waals surface area contributed by atoms with Gasteiger partial charge in [-0.15, -0.1) is 0 Å². The van der Waals surface area contributed by atoms with Gasteiger partial charge in [-0.3, -0.25) is 10.1 Å². The van der Waals surface area contributed by atoms with Gasteiger partial charge in [0.25, 0.3) is 0 Å². The average Bonchev–Trinajstić information content (AvgIpc) is 2.45. The van der Waals surface area contributed by atoms with Crippen molar-refractivity contribution in [2.45, 2.75) is 0 Å². The molecule has 120 valence electrons. The first-order chi connectivity index (χ1) is 10.8. The van der Waals surface area contributed by atoms with Crippen LogP contribution in [0.2, 0.25) is 0 Å². The number of hydrogen-bond acceptors (Lipinski definition) is 5. The number of carbonyl (C=O) groups excluding carboxylic acids is 1. The van der Waals surface area contributed by atoms with Gasteiger partial charge in [0.2, 0.25) is 5.82 Å². The highest BCUT2D eigenvalue weighted by molar-refractivity contribution is 5.91. The molecule has 0 saturated heterocycles. The Balaban J connectivity index is 2.29. The second kappa shape index (κ2) is 6.34. The van der Waals surface area contributed by atoms with E-state index >= 15 is 0 Å². The van der Waals surface area contributed by atoms with Gasteiger partial charge in [0, 0.05) is 24.3 Å². The molecule has 0 aliphatic rings. The standard InChI is InChI=1S/C14H8F3NO5/c1-22-8-5-10(16)13(11(17)6-8)14(19)23-7-2-3-12(18(20)21)9(15)4-7/h2-6H,1H3. The minimum absolute atomic E-state index is 0.141. The molecular formula is C14H8F3NO5. The van der Waals surface area contributed by atoms with Crippen molar-refractivity contribution in [2.24, 2.45) is 0 Å². The summed E-state index contributed by atoms with van der Waals surface area (Å²) in [6, 6.07) is 3.80. The van der Waals surface area contributed by atoms with E-state index in [2.05, 4.69) is 9.47 Å². The molecule has 0 atom stereocenters. The molecule has 2 aromatic rings. The van der Waals surface area contributed by atoms with Crippen molar-refractivity contribution in [3.8, 4) is 11.5 Å². The second-order valence-electron chi connectivity index (χ2n) is 4.23. The molecule has 2 aromatic carbocycles. The maximum absolute atomic E-state index is 13.7. The molecule has 9 heteroatoms. The Hall–Kier alpha value is -3.10. The molecule has 0 aromatic heterocycles. The first-order valence-electron chi connectivity index (χ1n) is 6.02. The van der Waals surface area contributed by atoms with Crippen LogP contribution in [0.3, 0.4) is 0 Å². The smallest absolute Gasteiger partial charge is 0.349 e. The Morgan fingerprint density at radius 2 is 1.61 bits per heavy atom. The summed E-state index contributed by atoms with van der Waals surface area (Å²) < 4.78 is 50.1. The quantitative estimate of drug-likeness (QED) is 0.373. The van der Waals surface area contributed by atoms with E-state index in [-0.39, 0.29) is 5.75 Å². The van der Waals surface area contributed by atoms with Crippen LogP contribution in [-0.2, 0) is 0 Å². The second-order valence-corrected chi connectivity index (χ2v) is 4.23. The van der Waals surface area contributed by atoms with E-state index in [1.54, 1.807) is 0 Å². The molecule has 0 spiro atoms. The molecule has 6 nitrogen and oxygen atoms in total. The lowest BCUT2D eigenvalue weighted by atomic mass is 10.2. The molecule has 0 aliphatic heterocycles. The van der Waals surface area contributed by atoms with Crippen molar-refractivity contribution in [3.63, 3.8) is 0 Å². The van der Waals surface area contributed by atoms with Crippen LogP contribution < -0.4 is 9.47 Å². The number of nitro benzene ring substituents is 1. The largest absolute Gasteiger partial charge is 0.497 e. The van der Waals surface area contributed by atoms with E-state index in [1.165, 1.54) is 7.11 Å². The summed E-state index contributed by atoms with van der Waals surface area (Å²) in [5.74, 6) is -5.71. The molecule has 0 fully saturated rings. The van der Waals surface area contributed by atoms with Gasteiger partial charge < -0.3 is 9.47 Å². The van der Waals surface area contributed by atoms with E-state index < -0.39 is 45.3 Å². The number of nitrogens with zero attached hydrogens (tertiary/aromatic N) is 1. The van der Waals surface area contributed by atoms with E-state index in [4.69, 9.17) is 0 Å². The first kappa shape index (κ1) is 16.3. The topological polar surface area (TPSA) is 78.7 Å². The van der Waals surface area contributed by atoms with Crippen LogP contribution in [0.5, 0.6) is 11.5 Å². The van der Waals surface area contributed by atoms with Gasteiger partial charge in [-0.2, -0.15) is 4.39 Å². The fourth-order valence-electron chi connectivity index (χ4n) is 1.72. The molecule has 2 rings (SSSR count). The van der Waals surface area contributed by atoms with Gasteiger partial charge in [0.1, 0.15) is 28.7 Å². The number of hydrogen-bond donors (Lipinski definition) is 0. The number of esters is 1. The van der Waals surface area contributed by atoms with Crippen molar-refractivity contribution in [3.05, 3.63) is 63.5 Å². The zero-order chi connectivity index (χ0) is 17.1. The van der Waals surface area contributed by atoms with Gasteiger partial charge in [0.05, 0.1) is 12.0 Å². The van der Waals surface area contributed by atoms with Crippen LogP contribution in [0.1, 0.15) is 10.4 Å². The lowest BCUT2D eigenvalue weighted by Crippen LogP contribution is -2.13. The van der Waals surface area contributed by atoms with Crippen LogP contribution >= 0.6 is 0 Å². The molecule has 0 aliphatic carbocycles. The molecule has 0 unspecified atom stereocenters. The molecule has 0 bridgehead atoms. The molecule has 23 heavy (non-hydrogen) atoms. The van der Waals surface area contributed by atoms with Crippen LogP contribution in [0.25, 0.3) is 0 Å². The number of methoxy groups -OCH3 is 1. The Morgan fingerprint density at radius 1 is 1.04 bits per heavy atom. The summed E-state index contributed by atoms with van der Waals surface area (Å²) in [6.07, 6.45) is 0. The lowest BCUT2D eigenvalue weighted by molar-refractivity contribution is -0.387. The highest BCUT2D eigenvalue weighted by atomic mass is 19.1. The van der Waals surface area contributed by atoms with Gasteiger partial charge in [-0.05, 0) is 6.07 Å². The van der Waals surface area contributed by atoms with Crippen molar-refractivity contribution in [1.29, 1.82) is 0 Å². The molecule has 0 amide bonds. The van der Waals surface area contributed by atoms with Gasteiger partial charge >= 0.3 is 11.7 Å². The predicted octanol–water partition coefficient (Wildman–Crippen LogP) is 3.24. The summed E-state index contributed by atoms with van der Waals surface area (Å²) in [4.78, 5) is 21.3. The Bertz CT molecular complexity index is 771. The molecule has 0 N–H and O–H groups in total. The molecular weight excluding hydrogens is 319 g/mol. The van der Waals surface area contributed by atoms with Crippen molar-refractivity contribution >= 4 is 11.7 Å². The summed E-state index contributed by atoms with van der Waals surface area (Å²) >= 11 is 0. The average molecular weight is 327 g/mol. The summed E-state index contributed by atoms with van der Waals surface area (Å²) in [6.45, 7) is 0. The van der Waals surface area contributed by atoms with Gasteiger partial charge in [-0.1, -0.05) is 0 Å². The minimum atomic E-state index is -1.42. The van der Waals surface area contributed by atoms with Crippen molar-refractivity contribution in [1.82, 2.24) is 0 Å².